The SMILES string of the molecule is O=C(O)C(Nc1ccc(F)cc1)c1ccc(Br)cn1. The Morgan fingerprint density at radius 2 is 1.95 bits per heavy atom. The second-order valence-electron chi connectivity index (χ2n) is 3.82. The second kappa shape index (κ2) is 5.79. The zero-order valence-electron chi connectivity index (χ0n) is 9.68. The number of nitrogens with zero attached hydrogens (tertiary/aromatic N) is 1. The molecular weight excluding hydrogens is 315 g/mol. The minimum atomic E-state index is -1.06. The molecule has 1 atom stereocenters. The molecule has 0 aliphatic heterocycles. The maximum atomic E-state index is 12.8. The zero-order chi connectivity index (χ0) is 13.8. The molecule has 0 spiro atoms. The molecule has 98 valence electrons. The van der Waals surface area contributed by atoms with Gasteiger partial charge in [0.2, 0.25) is 0 Å². The summed E-state index contributed by atoms with van der Waals surface area (Å²) in [5.74, 6) is -1.43. The van der Waals surface area contributed by atoms with Gasteiger partial charge < -0.3 is 10.4 Å². The first-order valence-corrected chi connectivity index (χ1v) is 6.22. The van der Waals surface area contributed by atoms with Crippen LogP contribution in [0.4, 0.5) is 10.1 Å². The van der Waals surface area contributed by atoms with Crippen molar-refractivity contribution in [3.05, 3.63) is 58.6 Å². The van der Waals surface area contributed by atoms with Crippen LogP contribution >= 0.6 is 15.9 Å². The van der Waals surface area contributed by atoms with Crippen molar-refractivity contribution in [2.45, 2.75) is 6.04 Å². The van der Waals surface area contributed by atoms with E-state index in [2.05, 4.69) is 26.2 Å². The molecule has 1 heterocycles. The van der Waals surface area contributed by atoms with Crippen LogP contribution < -0.4 is 5.32 Å². The number of aromatic nitrogens is 1. The third-order valence-electron chi connectivity index (χ3n) is 2.45. The molecule has 1 aromatic carbocycles. The van der Waals surface area contributed by atoms with Gasteiger partial charge in [0.05, 0.1) is 5.69 Å². The number of pyridine rings is 1. The number of hydrogen-bond donors (Lipinski definition) is 2. The number of hydrogen-bond acceptors (Lipinski definition) is 3. The predicted octanol–water partition coefficient (Wildman–Crippen LogP) is 3.22. The van der Waals surface area contributed by atoms with E-state index in [1.54, 1.807) is 12.1 Å². The first-order valence-electron chi connectivity index (χ1n) is 5.42. The fraction of sp³-hybridized carbons (Fsp3) is 0.0769. The van der Waals surface area contributed by atoms with Crippen LogP contribution in [-0.4, -0.2) is 16.1 Å². The van der Waals surface area contributed by atoms with E-state index in [9.17, 15) is 14.3 Å². The van der Waals surface area contributed by atoms with Crippen LogP contribution in [0.15, 0.2) is 47.1 Å². The number of anilines is 1. The summed E-state index contributed by atoms with van der Waals surface area (Å²) < 4.78 is 13.6. The lowest BCUT2D eigenvalue weighted by Gasteiger charge is -2.15. The molecule has 0 saturated heterocycles. The number of nitrogens with one attached hydrogen (secondary N) is 1. The lowest BCUT2D eigenvalue weighted by atomic mass is 10.1. The first-order chi connectivity index (χ1) is 9.06. The van der Waals surface area contributed by atoms with Crippen LogP contribution in [0.2, 0.25) is 0 Å². The fourth-order valence-corrected chi connectivity index (χ4v) is 1.77. The van der Waals surface area contributed by atoms with Crippen molar-refractivity contribution in [3.8, 4) is 0 Å². The molecule has 0 fully saturated rings. The van der Waals surface area contributed by atoms with Crippen LogP contribution in [0.3, 0.4) is 0 Å². The van der Waals surface area contributed by atoms with Gasteiger partial charge in [0, 0.05) is 16.4 Å². The summed E-state index contributed by atoms with van der Waals surface area (Å²) in [5, 5.41) is 12.0. The summed E-state index contributed by atoms with van der Waals surface area (Å²) in [6.45, 7) is 0. The predicted molar refractivity (Wildman–Crippen MR) is 72.3 cm³/mol. The van der Waals surface area contributed by atoms with Crippen LogP contribution in [-0.2, 0) is 4.79 Å². The Labute approximate surface area is 117 Å². The Bertz CT molecular complexity index is 572. The molecular formula is C13H10BrFN2O2. The van der Waals surface area contributed by atoms with Crippen molar-refractivity contribution >= 4 is 27.6 Å². The minimum absolute atomic E-state index is 0.375. The van der Waals surface area contributed by atoms with Gasteiger partial charge in [0.15, 0.2) is 6.04 Å². The average Bonchev–Trinajstić information content (AvgIpc) is 2.39. The molecule has 0 saturated carbocycles. The number of rotatable bonds is 4. The topological polar surface area (TPSA) is 62.2 Å². The van der Waals surface area contributed by atoms with Gasteiger partial charge in [-0.05, 0) is 52.3 Å². The third-order valence-corrected chi connectivity index (χ3v) is 2.92. The summed E-state index contributed by atoms with van der Waals surface area (Å²) >= 11 is 3.23. The Kier molecular flexibility index (Phi) is 4.11. The maximum absolute atomic E-state index is 12.8. The van der Waals surface area contributed by atoms with E-state index < -0.39 is 12.0 Å². The van der Waals surface area contributed by atoms with Crippen LogP contribution in [0, 0.1) is 5.82 Å². The number of carbonyl (C=O) groups is 1. The molecule has 1 aromatic heterocycles. The number of aliphatic carboxylic acids is 1. The molecule has 0 bridgehead atoms. The lowest BCUT2D eigenvalue weighted by molar-refractivity contribution is -0.138. The molecule has 0 aliphatic carbocycles. The smallest absolute Gasteiger partial charge is 0.332 e. The number of carboxylic acid groups (broad SMARTS) is 1. The molecule has 19 heavy (non-hydrogen) atoms. The summed E-state index contributed by atoms with van der Waals surface area (Å²) in [7, 11) is 0. The number of carboxylic acids is 1. The summed E-state index contributed by atoms with van der Waals surface area (Å²) in [4.78, 5) is 15.3. The largest absolute Gasteiger partial charge is 0.479 e. The van der Waals surface area contributed by atoms with Crippen LogP contribution in [0.25, 0.3) is 0 Å². The van der Waals surface area contributed by atoms with Gasteiger partial charge in [-0.15, -0.1) is 0 Å². The summed E-state index contributed by atoms with van der Waals surface area (Å²) in [6, 6.07) is 7.81. The minimum Gasteiger partial charge on any atom is -0.479 e. The van der Waals surface area contributed by atoms with E-state index in [1.807, 2.05) is 0 Å². The zero-order valence-corrected chi connectivity index (χ0v) is 11.3. The van der Waals surface area contributed by atoms with Crippen molar-refractivity contribution < 1.29 is 14.3 Å². The van der Waals surface area contributed by atoms with Crippen LogP contribution in [0.1, 0.15) is 11.7 Å². The van der Waals surface area contributed by atoms with Gasteiger partial charge in [-0.2, -0.15) is 0 Å². The van der Waals surface area contributed by atoms with Gasteiger partial charge in [-0.25, -0.2) is 9.18 Å². The molecule has 6 heteroatoms. The van der Waals surface area contributed by atoms with Crippen molar-refractivity contribution in [3.63, 3.8) is 0 Å². The van der Waals surface area contributed by atoms with E-state index in [4.69, 9.17) is 0 Å². The lowest BCUT2D eigenvalue weighted by Crippen LogP contribution is -2.21. The Morgan fingerprint density at radius 1 is 1.26 bits per heavy atom. The normalized spacial score (nSPS) is 11.9. The van der Waals surface area contributed by atoms with E-state index >= 15 is 0 Å². The monoisotopic (exact) mass is 324 g/mol. The molecule has 2 N–H and O–H groups in total. The fourth-order valence-electron chi connectivity index (χ4n) is 1.53. The highest BCUT2D eigenvalue weighted by Crippen LogP contribution is 2.20. The Hall–Kier alpha value is -1.95. The van der Waals surface area contributed by atoms with Gasteiger partial charge in [-0.3, -0.25) is 4.98 Å². The van der Waals surface area contributed by atoms with E-state index in [-0.39, 0.29) is 5.82 Å². The maximum Gasteiger partial charge on any atom is 0.332 e. The van der Waals surface area contributed by atoms with Gasteiger partial charge >= 0.3 is 5.97 Å². The molecule has 2 rings (SSSR count). The molecule has 0 amide bonds. The van der Waals surface area contributed by atoms with Crippen molar-refractivity contribution in [2.24, 2.45) is 0 Å². The van der Waals surface area contributed by atoms with Crippen LogP contribution in [0.5, 0.6) is 0 Å². The van der Waals surface area contributed by atoms with E-state index in [1.165, 1.54) is 30.5 Å². The molecule has 0 aliphatic rings. The highest BCUT2D eigenvalue weighted by molar-refractivity contribution is 9.10. The summed E-state index contributed by atoms with van der Waals surface area (Å²) in [5.41, 5.74) is 0.888. The number of benzene rings is 1. The average molecular weight is 325 g/mol. The van der Waals surface area contributed by atoms with Gasteiger partial charge in [0.25, 0.3) is 0 Å². The summed E-state index contributed by atoms with van der Waals surface area (Å²) in [6.07, 6.45) is 1.53. The highest BCUT2D eigenvalue weighted by Gasteiger charge is 2.20. The van der Waals surface area contributed by atoms with Gasteiger partial charge in [0.1, 0.15) is 5.82 Å². The third kappa shape index (κ3) is 3.51. The Balaban J connectivity index is 2.23. The van der Waals surface area contributed by atoms with Crippen molar-refractivity contribution in [2.75, 3.05) is 5.32 Å². The van der Waals surface area contributed by atoms with E-state index in [0.717, 1.165) is 4.47 Å². The Morgan fingerprint density at radius 3 is 2.47 bits per heavy atom. The molecule has 4 nitrogen and oxygen atoms in total. The van der Waals surface area contributed by atoms with Crippen molar-refractivity contribution in [1.82, 2.24) is 4.98 Å². The van der Waals surface area contributed by atoms with E-state index in [0.29, 0.717) is 11.4 Å². The number of halogens is 2. The highest BCUT2D eigenvalue weighted by atomic mass is 79.9. The standard InChI is InChI=1S/C13H10BrFN2O2/c14-8-1-6-11(16-7-8)12(13(18)19)17-10-4-2-9(15)3-5-10/h1-7,12,17H,(H,18,19). The first kappa shape index (κ1) is 13.5. The molecule has 0 radical (unpaired) electrons. The molecule has 2 aromatic rings. The van der Waals surface area contributed by atoms with Gasteiger partial charge in [-0.1, -0.05) is 0 Å². The molecule has 1 unspecified atom stereocenters. The quantitative estimate of drug-likeness (QED) is 0.906. The second-order valence-corrected chi connectivity index (χ2v) is 4.74. The van der Waals surface area contributed by atoms with Crippen molar-refractivity contribution in [1.29, 1.82) is 0 Å².